The highest BCUT2D eigenvalue weighted by Crippen LogP contribution is 2.12. The molecule has 0 spiro atoms. The maximum absolute atomic E-state index is 11.6. The van der Waals surface area contributed by atoms with Crippen molar-refractivity contribution in [2.75, 3.05) is 26.0 Å². The topological polar surface area (TPSA) is 44.4 Å². The Morgan fingerprint density at radius 2 is 2.20 bits per heavy atom. The van der Waals surface area contributed by atoms with Gasteiger partial charge >= 0.3 is 0 Å². The second-order valence-corrected chi connectivity index (χ2v) is 5.02. The Labute approximate surface area is 125 Å². The molecular weight excluding hydrogens is 270 g/mol. The summed E-state index contributed by atoms with van der Waals surface area (Å²) in [5.74, 6) is 0.131. The van der Waals surface area contributed by atoms with E-state index in [-0.39, 0.29) is 5.91 Å². The predicted octanol–water partition coefficient (Wildman–Crippen LogP) is 2.18. The number of hydrogen-bond donors (Lipinski definition) is 2. The fourth-order valence-corrected chi connectivity index (χ4v) is 1.82. The number of benzene rings is 1. The fraction of sp³-hybridized carbons (Fsp3) is 0.333. The van der Waals surface area contributed by atoms with E-state index in [0.717, 1.165) is 17.7 Å². The average molecular weight is 291 g/mol. The molecule has 0 unspecified atom stereocenters. The molecule has 5 heteroatoms. The molecular formula is C15H21N3OS. The molecule has 1 rings (SSSR count). The molecule has 1 amide bonds. The molecule has 0 aliphatic rings. The molecule has 20 heavy (non-hydrogen) atoms. The van der Waals surface area contributed by atoms with Crippen LogP contribution < -0.4 is 10.6 Å². The summed E-state index contributed by atoms with van der Waals surface area (Å²) in [6.07, 6.45) is 2.98. The maximum atomic E-state index is 11.6. The lowest BCUT2D eigenvalue weighted by Gasteiger charge is -2.12. The van der Waals surface area contributed by atoms with Gasteiger partial charge in [0, 0.05) is 32.7 Å². The van der Waals surface area contributed by atoms with Gasteiger partial charge in [-0.2, -0.15) is 0 Å². The average Bonchev–Trinajstić information content (AvgIpc) is 2.42. The molecule has 0 aliphatic heterocycles. The van der Waals surface area contributed by atoms with E-state index in [1.54, 1.807) is 25.1 Å². The molecule has 108 valence electrons. The summed E-state index contributed by atoms with van der Waals surface area (Å²) in [5.41, 5.74) is 2.03. The number of nitrogens with one attached hydrogen (secondary N) is 2. The zero-order valence-corrected chi connectivity index (χ0v) is 12.8. The molecule has 1 aromatic carbocycles. The van der Waals surface area contributed by atoms with Crippen LogP contribution in [-0.4, -0.2) is 36.6 Å². The molecule has 0 fully saturated rings. The minimum atomic E-state index is 0.131. The lowest BCUT2D eigenvalue weighted by Crippen LogP contribution is -2.28. The molecule has 0 saturated carbocycles. The minimum absolute atomic E-state index is 0.131. The number of carbonyl (C=O) groups is 1. The van der Waals surface area contributed by atoms with Gasteiger partial charge in [0.15, 0.2) is 5.11 Å². The highest BCUT2D eigenvalue weighted by Gasteiger charge is 2.05. The number of rotatable bonds is 6. The van der Waals surface area contributed by atoms with Gasteiger partial charge < -0.3 is 15.5 Å². The molecule has 1 aromatic rings. The van der Waals surface area contributed by atoms with Gasteiger partial charge in [0.25, 0.3) is 0 Å². The summed E-state index contributed by atoms with van der Waals surface area (Å²) in [6, 6.07) is 7.91. The van der Waals surface area contributed by atoms with Crippen molar-refractivity contribution in [2.45, 2.75) is 12.8 Å². The largest absolute Gasteiger partial charge is 0.359 e. The van der Waals surface area contributed by atoms with Gasteiger partial charge in [-0.1, -0.05) is 18.2 Å². The third-order valence-corrected chi connectivity index (χ3v) is 2.96. The van der Waals surface area contributed by atoms with E-state index in [9.17, 15) is 4.79 Å². The molecule has 0 aliphatic carbocycles. The molecule has 0 atom stereocenters. The van der Waals surface area contributed by atoms with E-state index in [1.807, 2.05) is 24.3 Å². The Balaban J connectivity index is 2.55. The Kier molecular flexibility index (Phi) is 6.73. The predicted molar refractivity (Wildman–Crippen MR) is 87.9 cm³/mol. The lowest BCUT2D eigenvalue weighted by molar-refractivity contribution is -0.128. The third-order valence-electron chi connectivity index (χ3n) is 2.72. The van der Waals surface area contributed by atoms with E-state index in [1.165, 1.54) is 0 Å². The summed E-state index contributed by atoms with van der Waals surface area (Å²) in [5, 5.41) is 6.67. The summed E-state index contributed by atoms with van der Waals surface area (Å²) >= 11 is 5.15. The molecule has 0 radical (unpaired) electrons. The molecule has 0 aromatic heterocycles. The van der Waals surface area contributed by atoms with E-state index in [2.05, 4.69) is 17.2 Å². The number of nitrogens with zero attached hydrogens (tertiary/aromatic N) is 1. The first-order valence-electron chi connectivity index (χ1n) is 6.47. The van der Waals surface area contributed by atoms with E-state index in [0.29, 0.717) is 18.1 Å². The molecule has 0 saturated heterocycles. The van der Waals surface area contributed by atoms with Gasteiger partial charge in [0.2, 0.25) is 5.91 Å². The first-order valence-corrected chi connectivity index (χ1v) is 6.88. The Hall–Kier alpha value is -1.88. The number of anilines is 1. The van der Waals surface area contributed by atoms with E-state index in [4.69, 9.17) is 12.2 Å². The van der Waals surface area contributed by atoms with E-state index >= 15 is 0 Å². The van der Waals surface area contributed by atoms with Crippen LogP contribution in [-0.2, 0) is 11.2 Å². The monoisotopic (exact) mass is 291 g/mol. The van der Waals surface area contributed by atoms with Gasteiger partial charge in [-0.25, -0.2) is 0 Å². The smallest absolute Gasteiger partial charge is 0.222 e. The first kappa shape index (κ1) is 16.2. The number of amides is 1. The van der Waals surface area contributed by atoms with Crippen molar-refractivity contribution in [3.63, 3.8) is 0 Å². The van der Waals surface area contributed by atoms with Crippen LogP contribution in [0.3, 0.4) is 0 Å². The third kappa shape index (κ3) is 5.84. The number of carbonyl (C=O) groups excluding carboxylic acids is 1. The van der Waals surface area contributed by atoms with Gasteiger partial charge in [0.1, 0.15) is 0 Å². The van der Waals surface area contributed by atoms with Crippen LogP contribution in [0.15, 0.2) is 36.9 Å². The van der Waals surface area contributed by atoms with Crippen LogP contribution in [0.5, 0.6) is 0 Å². The SMILES string of the molecule is C=CCNC(=S)Nc1cccc(CCC(=O)N(C)C)c1. The van der Waals surface area contributed by atoms with Crippen molar-refractivity contribution in [3.8, 4) is 0 Å². The Bertz CT molecular complexity index is 486. The second-order valence-electron chi connectivity index (χ2n) is 4.61. The van der Waals surface area contributed by atoms with Crippen molar-refractivity contribution in [1.29, 1.82) is 0 Å². The number of aryl methyl sites for hydroxylation is 1. The van der Waals surface area contributed by atoms with Gasteiger partial charge in [-0.05, 0) is 36.3 Å². The van der Waals surface area contributed by atoms with Crippen LogP contribution in [0.4, 0.5) is 5.69 Å². The van der Waals surface area contributed by atoms with Crippen molar-refractivity contribution >= 4 is 28.9 Å². The molecule has 0 heterocycles. The Morgan fingerprint density at radius 3 is 2.85 bits per heavy atom. The second kappa shape index (κ2) is 8.32. The van der Waals surface area contributed by atoms with Crippen LogP contribution in [0, 0.1) is 0 Å². The highest BCUT2D eigenvalue weighted by atomic mass is 32.1. The van der Waals surface area contributed by atoms with Crippen molar-refractivity contribution in [2.24, 2.45) is 0 Å². The molecule has 0 bridgehead atoms. The molecule has 4 nitrogen and oxygen atoms in total. The van der Waals surface area contributed by atoms with Crippen LogP contribution >= 0.6 is 12.2 Å². The lowest BCUT2D eigenvalue weighted by atomic mass is 10.1. The van der Waals surface area contributed by atoms with Crippen molar-refractivity contribution < 1.29 is 4.79 Å². The van der Waals surface area contributed by atoms with Gasteiger partial charge in [0.05, 0.1) is 0 Å². The zero-order chi connectivity index (χ0) is 15.0. The maximum Gasteiger partial charge on any atom is 0.222 e. The first-order chi connectivity index (χ1) is 9.52. The quantitative estimate of drug-likeness (QED) is 0.623. The summed E-state index contributed by atoms with van der Waals surface area (Å²) < 4.78 is 0. The van der Waals surface area contributed by atoms with Crippen molar-refractivity contribution in [1.82, 2.24) is 10.2 Å². The Morgan fingerprint density at radius 1 is 1.45 bits per heavy atom. The van der Waals surface area contributed by atoms with Crippen LogP contribution in [0.25, 0.3) is 0 Å². The standard InChI is InChI=1S/C15H21N3OS/c1-4-10-16-15(20)17-13-7-5-6-12(11-13)8-9-14(19)18(2)3/h4-7,11H,1,8-10H2,2-3H3,(H2,16,17,20). The molecule has 2 N–H and O–H groups in total. The van der Waals surface area contributed by atoms with Gasteiger partial charge in [-0.15, -0.1) is 6.58 Å². The summed E-state index contributed by atoms with van der Waals surface area (Å²) in [7, 11) is 3.54. The summed E-state index contributed by atoms with van der Waals surface area (Å²) in [4.78, 5) is 13.2. The summed E-state index contributed by atoms with van der Waals surface area (Å²) in [6.45, 7) is 4.25. The number of hydrogen-bond acceptors (Lipinski definition) is 2. The highest BCUT2D eigenvalue weighted by molar-refractivity contribution is 7.80. The number of thiocarbonyl (C=S) groups is 1. The normalized spacial score (nSPS) is 9.70. The zero-order valence-electron chi connectivity index (χ0n) is 12.0. The van der Waals surface area contributed by atoms with Gasteiger partial charge in [-0.3, -0.25) is 4.79 Å². The van der Waals surface area contributed by atoms with Crippen LogP contribution in [0.2, 0.25) is 0 Å². The van der Waals surface area contributed by atoms with Crippen LogP contribution in [0.1, 0.15) is 12.0 Å². The fourth-order valence-electron chi connectivity index (χ4n) is 1.62. The van der Waals surface area contributed by atoms with E-state index < -0.39 is 0 Å². The van der Waals surface area contributed by atoms with Crippen molar-refractivity contribution in [3.05, 3.63) is 42.5 Å². The minimum Gasteiger partial charge on any atom is -0.359 e.